The van der Waals surface area contributed by atoms with E-state index in [9.17, 15) is 9.59 Å². The summed E-state index contributed by atoms with van der Waals surface area (Å²) >= 11 is 1.41. The van der Waals surface area contributed by atoms with Gasteiger partial charge in [-0.1, -0.05) is 30.3 Å². The molecule has 2 aromatic rings. The molecule has 0 atom stereocenters. The van der Waals surface area contributed by atoms with Gasteiger partial charge in [-0.05, 0) is 44.1 Å². The van der Waals surface area contributed by atoms with Crippen molar-refractivity contribution in [1.82, 2.24) is 9.88 Å². The van der Waals surface area contributed by atoms with Crippen LogP contribution < -0.4 is 0 Å². The minimum absolute atomic E-state index is 0.235. The highest BCUT2D eigenvalue weighted by atomic mass is 32.1. The summed E-state index contributed by atoms with van der Waals surface area (Å²) in [6.07, 6.45) is 5.17. The Morgan fingerprint density at radius 3 is 2.64 bits per heavy atom. The van der Waals surface area contributed by atoms with Crippen molar-refractivity contribution in [3.8, 4) is 0 Å². The number of likely N-dealkylation sites (tertiary alicyclic amines) is 1. The molecule has 28 heavy (non-hydrogen) atoms. The molecule has 0 bridgehead atoms. The third-order valence-electron chi connectivity index (χ3n) is 4.87. The number of carbonyl (C=O) groups excluding carboxylic acids is 2. The lowest BCUT2D eigenvalue weighted by atomic mass is 9.92. The zero-order valence-electron chi connectivity index (χ0n) is 16.1. The molecule has 0 saturated carbocycles. The van der Waals surface area contributed by atoms with Crippen molar-refractivity contribution in [3.63, 3.8) is 0 Å². The second-order valence-corrected chi connectivity index (χ2v) is 7.96. The predicted molar refractivity (Wildman–Crippen MR) is 107 cm³/mol. The van der Waals surface area contributed by atoms with Crippen LogP contribution in [0.1, 0.15) is 46.4 Å². The lowest BCUT2D eigenvalue weighted by Gasteiger charge is -2.31. The summed E-state index contributed by atoms with van der Waals surface area (Å²) in [4.78, 5) is 30.6. The van der Waals surface area contributed by atoms with E-state index in [1.807, 2.05) is 30.3 Å². The first-order valence-corrected chi connectivity index (χ1v) is 10.5. The summed E-state index contributed by atoms with van der Waals surface area (Å²) in [5, 5.41) is 0.966. The SMILES string of the molecule is CCOC(=O)c1cnc(CCC2CCN(C(=O)OCc3ccccc3)CC2)s1. The molecule has 0 unspecified atom stereocenters. The molecule has 1 aromatic carbocycles. The van der Waals surface area contributed by atoms with Gasteiger partial charge in [0.15, 0.2) is 0 Å². The van der Waals surface area contributed by atoms with Crippen LogP contribution in [0.5, 0.6) is 0 Å². The van der Waals surface area contributed by atoms with Gasteiger partial charge in [-0.3, -0.25) is 0 Å². The summed E-state index contributed by atoms with van der Waals surface area (Å²) in [6.45, 7) is 3.93. The van der Waals surface area contributed by atoms with Crippen molar-refractivity contribution in [3.05, 3.63) is 52.0 Å². The van der Waals surface area contributed by atoms with E-state index >= 15 is 0 Å². The number of thiazole rings is 1. The fraction of sp³-hybridized carbons (Fsp3) is 0.476. The Morgan fingerprint density at radius 2 is 1.93 bits per heavy atom. The molecule has 2 heterocycles. The molecule has 0 spiro atoms. The van der Waals surface area contributed by atoms with E-state index in [2.05, 4.69) is 4.98 Å². The minimum atomic E-state index is -0.298. The van der Waals surface area contributed by atoms with Crippen molar-refractivity contribution < 1.29 is 19.1 Å². The molecule has 0 radical (unpaired) electrons. The highest BCUT2D eigenvalue weighted by molar-refractivity contribution is 7.13. The molecule has 6 nitrogen and oxygen atoms in total. The molecule has 1 aliphatic heterocycles. The number of benzene rings is 1. The average Bonchev–Trinajstić information content (AvgIpc) is 3.21. The highest BCUT2D eigenvalue weighted by Crippen LogP contribution is 2.24. The first-order chi connectivity index (χ1) is 13.7. The molecule has 1 aliphatic rings. The number of hydrogen-bond donors (Lipinski definition) is 0. The monoisotopic (exact) mass is 402 g/mol. The third kappa shape index (κ3) is 5.79. The van der Waals surface area contributed by atoms with Gasteiger partial charge in [0.25, 0.3) is 0 Å². The van der Waals surface area contributed by atoms with E-state index in [-0.39, 0.29) is 12.1 Å². The number of hydrogen-bond acceptors (Lipinski definition) is 6. The van der Waals surface area contributed by atoms with Crippen molar-refractivity contribution in [2.24, 2.45) is 5.92 Å². The fourth-order valence-electron chi connectivity index (χ4n) is 3.26. The quantitative estimate of drug-likeness (QED) is 0.646. The van der Waals surface area contributed by atoms with Gasteiger partial charge in [0.05, 0.1) is 17.8 Å². The Kier molecular flexibility index (Phi) is 7.42. The number of ether oxygens (including phenoxy) is 2. The number of amides is 1. The summed E-state index contributed by atoms with van der Waals surface area (Å²) in [5.74, 6) is 0.265. The molecular formula is C21H26N2O4S. The van der Waals surface area contributed by atoms with Gasteiger partial charge in [0, 0.05) is 13.1 Å². The van der Waals surface area contributed by atoms with E-state index in [0.717, 1.165) is 49.3 Å². The van der Waals surface area contributed by atoms with Gasteiger partial charge in [-0.15, -0.1) is 11.3 Å². The molecule has 0 N–H and O–H groups in total. The van der Waals surface area contributed by atoms with Crippen LogP contribution in [-0.2, 0) is 22.5 Å². The average molecular weight is 403 g/mol. The number of aryl methyl sites for hydroxylation is 1. The Bertz CT molecular complexity index is 770. The molecule has 3 rings (SSSR count). The Balaban J connectivity index is 1.37. The lowest BCUT2D eigenvalue weighted by Crippen LogP contribution is -2.38. The second kappa shape index (κ2) is 10.2. The van der Waals surface area contributed by atoms with Crippen LogP contribution in [0.3, 0.4) is 0 Å². The first-order valence-electron chi connectivity index (χ1n) is 9.73. The number of carbonyl (C=O) groups is 2. The second-order valence-electron chi connectivity index (χ2n) is 6.85. The van der Waals surface area contributed by atoms with Gasteiger partial charge < -0.3 is 14.4 Å². The third-order valence-corrected chi connectivity index (χ3v) is 5.91. The number of nitrogens with zero attached hydrogens (tertiary/aromatic N) is 2. The Morgan fingerprint density at radius 1 is 1.18 bits per heavy atom. The first kappa shape index (κ1) is 20.3. The van der Waals surface area contributed by atoms with E-state index in [0.29, 0.717) is 24.0 Å². The smallest absolute Gasteiger partial charge is 0.410 e. The number of rotatable bonds is 7. The zero-order valence-corrected chi connectivity index (χ0v) is 17.0. The molecule has 1 fully saturated rings. The Labute approximate surface area is 169 Å². The van der Waals surface area contributed by atoms with E-state index in [4.69, 9.17) is 9.47 Å². The van der Waals surface area contributed by atoms with Crippen molar-refractivity contribution in [2.45, 2.75) is 39.2 Å². The van der Waals surface area contributed by atoms with Crippen LogP contribution in [0.2, 0.25) is 0 Å². The normalized spacial score (nSPS) is 14.7. The van der Waals surface area contributed by atoms with Gasteiger partial charge in [0.2, 0.25) is 0 Å². The van der Waals surface area contributed by atoms with Crippen molar-refractivity contribution >= 4 is 23.4 Å². The summed E-state index contributed by atoms with van der Waals surface area (Å²) in [5.41, 5.74) is 0.997. The van der Waals surface area contributed by atoms with Crippen LogP contribution in [-0.4, -0.2) is 41.6 Å². The van der Waals surface area contributed by atoms with Gasteiger partial charge >= 0.3 is 12.1 Å². The van der Waals surface area contributed by atoms with Crippen LogP contribution in [0.15, 0.2) is 36.5 Å². The number of esters is 1. The summed E-state index contributed by atoms with van der Waals surface area (Å²) in [6, 6.07) is 9.72. The van der Waals surface area contributed by atoms with Crippen molar-refractivity contribution in [2.75, 3.05) is 19.7 Å². The molecule has 1 aromatic heterocycles. The van der Waals surface area contributed by atoms with Gasteiger partial charge in [0.1, 0.15) is 11.5 Å². The van der Waals surface area contributed by atoms with E-state index < -0.39 is 0 Å². The number of aromatic nitrogens is 1. The molecule has 1 amide bonds. The fourth-order valence-corrected chi connectivity index (χ4v) is 4.09. The molecule has 7 heteroatoms. The lowest BCUT2D eigenvalue weighted by molar-refractivity contribution is 0.0531. The van der Waals surface area contributed by atoms with Gasteiger partial charge in [-0.25, -0.2) is 14.6 Å². The topological polar surface area (TPSA) is 68.7 Å². The maximum absolute atomic E-state index is 12.2. The predicted octanol–water partition coefficient (Wildman–Crippen LogP) is 4.30. The van der Waals surface area contributed by atoms with Crippen LogP contribution in [0.4, 0.5) is 4.79 Å². The van der Waals surface area contributed by atoms with Gasteiger partial charge in [-0.2, -0.15) is 0 Å². The highest BCUT2D eigenvalue weighted by Gasteiger charge is 2.24. The van der Waals surface area contributed by atoms with E-state index in [1.165, 1.54) is 11.3 Å². The molecular weight excluding hydrogens is 376 g/mol. The zero-order chi connectivity index (χ0) is 19.8. The minimum Gasteiger partial charge on any atom is -0.462 e. The van der Waals surface area contributed by atoms with E-state index in [1.54, 1.807) is 18.0 Å². The standard InChI is InChI=1S/C21H26N2O4S/c1-2-26-20(24)18-14-22-19(28-18)9-8-16-10-12-23(13-11-16)21(25)27-15-17-6-4-3-5-7-17/h3-7,14,16H,2,8-13,15H2,1H3. The largest absolute Gasteiger partial charge is 0.462 e. The maximum atomic E-state index is 12.2. The molecule has 1 saturated heterocycles. The maximum Gasteiger partial charge on any atom is 0.410 e. The number of piperidine rings is 1. The summed E-state index contributed by atoms with van der Waals surface area (Å²) in [7, 11) is 0. The van der Waals surface area contributed by atoms with Crippen LogP contribution in [0.25, 0.3) is 0 Å². The van der Waals surface area contributed by atoms with Crippen LogP contribution >= 0.6 is 11.3 Å². The van der Waals surface area contributed by atoms with Crippen LogP contribution in [0, 0.1) is 5.92 Å². The van der Waals surface area contributed by atoms with Crippen molar-refractivity contribution in [1.29, 1.82) is 0 Å². The Hall–Kier alpha value is -2.41. The molecule has 0 aliphatic carbocycles. The summed E-state index contributed by atoms with van der Waals surface area (Å²) < 4.78 is 10.4. The molecule has 150 valence electrons.